The van der Waals surface area contributed by atoms with Crippen LogP contribution in [0.5, 0.6) is 5.75 Å². The molecule has 0 radical (unpaired) electrons. The molecule has 1 aliphatic heterocycles. The van der Waals surface area contributed by atoms with Gasteiger partial charge >= 0.3 is 0 Å². The van der Waals surface area contributed by atoms with Crippen molar-refractivity contribution in [2.45, 2.75) is 19.6 Å². The van der Waals surface area contributed by atoms with E-state index in [0.717, 1.165) is 19.5 Å². The standard InChI is InChI=1S/C22H25N7O3/c1-29-8-7-13-9-17(18(32-2)10-15(13)11-29)25-22-26-21(19(20(23)31)27-28-22)24-16-6-4-3-5-14(16)12-30/h3-6,9-10,30H,7-8,11-12H2,1-2H3,(H2,23,31)(H2,24,25,26,28). The number of nitrogens with one attached hydrogen (secondary N) is 2. The van der Waals surface area contributed by atoms with Gasteiger partial charge in [0.05, 0.1) is 19.4 Å². The molecule has 0 saturated heterocycles. The minimum atomic E-state index is -0.768. The maximum Gasteiger partial charge on any atom is 0.273 e. The molecule has 1 amide bonds. The van der Waals surface area contributed by atoms with Gasteiger partial charge in [-0.3, -0.25) is 4.79 Å². The van der Waals surface area contributed by atoms with E-state index < -0.39 is 5.91 Å². The number of methoxy groups -OCH3 is 1. The second-order valence-electron chi connectivity index (χ2n) is 7.57. The molecule has 10 nitrogen and oxygen atoms in total. The van der Waals surface area contributed by atoms with Gasteiger partial charge in [0.25, 0.3) is 5.91 Å². The lowest BCUT2D eigenvalue weighted by molar-refractivity contribution is 0.0995. The second-order valence-corrected chi connectivity index (χ2v) is 7.57. The zero-order valence-corrected chi connectivity index (χ0v) is 17.9. The highest BCUT2D eigenvalue weighted by Gasteiger charge is 2.19. The summed E-state index contributed by atoms with van der Waals surface area (Å²) in [5.74, 6) is 0.192. The minimum absolute atomic E-state index is 0.108. The van der Waals surface area contributed by atoms with Gasteiger partial charge in [-0.15, -0.1) is 10.2 Å². The van der Waals surface area contributed by atoms with Gasteiger partial charge in [0.2, 0.25) is 5.95 Å². The van der Waals surface area contributed by atoms with Gasteiger partial charge in [-0.2, -0.15) is 4.98 Å². The van der Waals surface area contributed by atoms with E-state index in [1.54, 1.807) is 31.4 Å². The molecule has 2 heterocycles. The zero-order valence-electron chi connectivity index (χ0n) is 17.9. The number of ether oxygens (including phenoxy) is 1. The topological polar surface area (TPSA) is 139 Å². The third kappa shape index (κ3) is 4.46. The Morgan fingerprint density at radius 2 is 2.00 bits per heavy atom. The molecule has 3 aromatic rings. The summed E-state index contributed by atoms with van der Waals surface area (Å²) >= 11 is 0. The Labute approximate surface area is 185 Å². The number of anilines is 4. The molecule has 0 bridgehead atoms. The Bertz CT molecular complexity index is 1150. The van der Waals surface area contributed by atoms with Crippen molar-refractivity contribution < 1.29 is 14.6 Å². The first-order valence-electron chi connectivity index (χ1n) is 10.1. The van der Waals surface area contributed by atoms with Crippen molar-refractivity contribution in [2.24, 2.45) is 5.73 Å². The Hall–Kier alpha value is -3.76. The van der Waals surface area contributed by atoms with Crippen molar-refractivity contribution in [1.29, 1.82) is 0 Å². The van der Waals surface area contributed by atoms with Crippen LogP contribution < -0.4 is 21.1 Å². The van der Waals surface area contributed by atoms with Crippen LogP contribution in [0.15, 0.2) is 36.4 Å². The Kier molecular flexibility index (Phi) is 6.15. The Morgan fingerprint density at radius 1 is 1.19 bits per heavy atom. The normalized spacial score (nSPS) is 13.3. The van der Waals surface area contributed by atoms with E-state index in [1.807, 2.05) is 12.1 Å². The van der Waals surface area contributed by atoms with E-state index in [9.17, 15) is 9.90 Å². The number of para-hydroxylation sites is 1. The molecule has 2 aromatic carbocycles. The summed E-state index contributed by atoms with van der Waals surface area (Å²) in [5, 5.41) is 23.7. The first-order valence-corrected chi connectivity index (χ1v) is 10.1. The van der Waals surface area contributed by atoms with Crippen LogP contribution in [0.25, 0.3) is 0 Å². The van der Waals surface area contributed by atoms with E-state index in [2.05, 4.69) is 37.8 Å². The maximum atomic E-state index is 11.9. The first kappa shape index (κ1) is 21.5. The van der Waals surface area contributed by atoms with Gasteiger partial charge in [0, 0.05) is 24.3 Å². The molecule has 0 saturated carbocycles. The fourth-order valence-electron chi connectivity index (χ4n) is 3.65. The molecule has 166 valence electrons. The lowest BCUT2D eigenvalue weighted by Crippen LogP contribution is -2.26. The number of rotatable bonds is 7. The lowest BCUT2D eigenvalue weighted by Gasteiger charge is -2.26. The number of primary amides is 1. The number of carbonyl (C=O) groups is 1. The number of aromatic nitrogens is 3. The van der Waals surface area contributed by atoms with Crippen molar-refractivity contribution in [3.05, 3.63) is 58.8 Å². The third-order valence-electron chi connectivity index (χ3n) is 5.33. The number of aliphatic hydroxyl groups is 1. The molecule has 0 spiro atoms. The molecule has 0 fully saturated rings. The van der Waals surface area contributed by atoms with E-state index >= 15 is 0 Å². The van der Waals surface area contributed by atoms with Gasteiger partial charge in [-0.1, -0.05) is 18.2 Å². The van der Waals surface area contributed by atoms with Crippen LogP contribution in [-0.2, 0) is 19.6 Å². The number of hydrogen-bond donors (Lipinski definition) is 4. The molecule has 1 aliphatic rings. The summed E-state index contributed by atoms with van der Waals surface area (Å²) in [7, 11) is 3.69. The number of aliphatic hydroxyl groups excluding tert-OH is 1. The second kappa shape index (κ2) is 9.16. The highest BCUT2D eigenvalue weighted by Crippen LogP contribution is 2.33. The molecule has 5 N–H and O–H groups in total. The van der Waals surface area contributed by atoms with Gasteiger partial charge in [0.1, 0.15) is 5.75 Å². The van der Waals surface area contributed by atoms with Gasteiger partial charge in [0.15, 0.2) is 11.5 Å². The molecule has 1 aromatic heterocycles. The van der Waals surface area contributed by atoms with Crippen molar-refractivity contribution >= 4 is 29.0 Å². The van der Waals surface area contributed by atoms with Crippen molar-refractivity contribution in [1.82, 2.24) is 20.1 Å². The van der Waals surface area contributed by atoms with Crippen LogP contribution in [0.2, 0.25) is 0 Å². The average Bonchev–Trinajstić information content (AvgIpc) is 2.79. The number of nitrogens with zero attached hydrogens (tertiary/aromatic N) is 4. The monoisotopic (exact) mass is 435 g/mol. The molecule has 0 unspecified atom stereocenters. The molecular formula is C22H25N7O3. The number of hydrogen-bond acceptors (Lipinski definition) is 9. The SMILES string of the molecule is COc1cc2c(cc1Nc1nnc(C(N)=O)c(Nc3ccccc3CO)n1)CCN(C)C2. The summed E-state index contributed by atoms with van der Waals surface area (Å²) in [6, 6.07) is 11.2. The summed E-state index contributed by atoms with van der Waals surface area (Å²) in [6.07, 6.45) is 0.926. The number of fused-ring (bicyclic) bond motifs is 1. The fourth-order valence-corrected chi connectivity index (χ4v) is 3.65. The average molecular weight is 435 g/mol. The molecule has 0 atom stereocenters. The van der Waals surface area contributed by atoms with E-state index in [0.29, 0.717) is 22.7 Å². The van der Waals surface area contributed by atoms with E-state index in [1.165, 1.54) is 11.1 Å². The predicted molar refractivity (Wildman–Crippen MR) is 120 cm³/mol. The Balaban J connectivity index is 1.68. The van der Waals surface area contributed by atoms with Gasteiger partial charge in [-0.25, -0.2) is 0 Å². The number of benzene rings is 2. The molecule has 4 rings (SSSR count). The van der Waals surface area contributed by atoms with Crippen LogP contribution >= 0.6 is 0 Å². The molecule has 0 aliphatic carbocycles. The van der Waals surface area contributed by atoms with E-state index in [4.69, 9.17) is 10.5 Å². The zero-order chi connectivity index (χ0) is 22.7. The first-order chi connectivity index (χ1) is 15.5. The molecule has 10 heteroatoms. The van der Waals surface area contributed by atoms with Crippen LogP contribution in [0.4, 0.5) is 23.1 Å². The van der Waals surface area contributed by atoms with Crippen molar-refractivity contribution in [3.63, 3.8) is 0 Å². The third-order valence-corrected chi connectivity index (χ3v) is 5.33. The van der Waals surface area contributed by atoms with E-state index in [-0.39, 0.29) is 24.1 Å². The number of carbonyl (C=O) groups excluding carboxylic acids is 1. The summed E-state index contributed by atoms with van der Waals surface area (Å²) in [4.78, 5) is 18.5. The summed E-state index contributed by atoms with van der Waals surface area (Å²) < 4.78 is 5.56. The van der Waals surface area contributed by atoms with Crippen molar-refractivity contribution in [2.75, 3.05) is 31.3 Å². The van der Waals surface area contributed by atoms with Gasteiger partial charge in [-0.05, 0) is 42.8 Å². The van der Waals surface area contributed by atoms with Crippen molar-refractivity contribution in [3.8, 4) is 5.75 Å². The number of likely N-dealkylation sites (N-methyl/N-ethyl adjacent to an activating group) is 1. The molecular weight excluding hydrogens is 410 g/mol. The molecule has 32 heavy (non-hydrogen) atoms. The maximum absolute atomic E-state index is 11.9. The van der Waals surface area contributed by atoms with Crippen LogP contribution in [0, 0.1) is 0 Å². The number of nitrogens with two attached hydrogens (primary N) is 1. The summed E-state index contributed by atoms with van der Waals surface area (Å²) in [6.45, 7) is 1.65. The highest BCUT2D eigenvalue weighted by atomic mass is 16.5. The summed E-state index contributed by atoms with van der Waals surface area (Å²) in [5.41, 5.74) is 9.71. The number of amides is 1. The predicted octanol–water partition coefficient (Wildman–Crippen LogP) is 1.95. The largest absolute Gasteiger partial charge is 0.495 e. The highest BCUT2D eigenvalue weighted by molar-refractivity contribution is 5.96. The van der Waals surface area contributed by atoms with Gasteiger partial charge < -0.3 is 31.1 Å². The Morgan fingerprint density at radius 3 is 2.75 bits per heavy atom. The fraction of sp³-hybridized carbons (Fsp3) is 0.273. The smallest absolute Gasteiger partial charge is 0.273 e. The van der Waals surface area contributed by atoms with Crippen LogP contribution in [-0.4, -0.2) is 51.8 Å². The quantitative estimate of drug-likeness (QED) is 0.438. The van der Waals surface area contributed by atoms with Crippen LogP contribution in [0.3, 0.4) is 0 Å². The lowest BCUT2D eigenvalue weighted by atomic mass is 9.99. The minimum Gasteiger partial charge on any atom is -0.495 e. The van der Waals surface area contributed by atoms with Crippen LogP contribution in [0.1, 0.15) is 27.2 Å².